The van der Waals surface area contributed by atoms with Crippen LogP contribution < -0.4 is 5.32 Å². The van der Waals surface area contributed by atoms with Gasteiger partial charge in [-0.05, 0) is 6.92 Å². The zero-order valence-electron chi connectivity index (χ0n) is 9.35. The maximum absolute atomic E-state index is 10.5. The van der Waals surface area contributed by atoms with Crippen LogP contribution in [0.1, 0.15) is 10.7 Å². The first kappa shape index (κ1) is 12.7. The predicted molar refractivity (Wildman–Crippen MR) is 68.5 cm³/mol. The first-order valence-electron chi connectivity index (χ1n) is 4.97. The summed E-state index contributed by atoms with van der Waals surface area (Å²) in [5, 5.41) is 12.5. The summed E-state index contributed by atoms with van der Waals surface area (Å²) in [6, 6.07) is 1.58. The lowest BCUT2D eigenvalue weighted by atomic mass is 10.4. The molecule has 0 unspecified atom stereocenters. The third kappa shape index (κ3) is 3.38. The molecule has 0 aliphatic rings. The van der Waals surface area contributed by atoms with E-state index in [1.165, 1.54) is 17.5 Å². The summed E-state index contributed by atoms with van der Waals surface area (Å²) in [4.78, 5) is 23.4. The molecule has 0 amide bonds. The lowest BCUT2D eigenvalue weighted by Gasteiger charge is -2.02. The van der Waals surface area contributed by atoms with Gasteiger partial charge in [0.15, 0.2) is 5.13 Å². The van der Waals surface area contributed by atoms with E-state index in [0.29, 0.717) is 26.8 Å². The Kier molecular flexibility index (Phi) is 3.73. The summed E-state index contributed by atoms with van der Waals surface area (Å²) in [6.07, 6.45) is 1.49. The van der Waals surface area contributed by atoms with Crippen LogP contribution in [0.3, 0.4) is 0 Å². The molecule has 6 nitrogen and oxygen atoms in total. The maximum atomic E-state index is 10.5. The van der Waals surface area contributed by atoms with E-state index in [9.17, 15) is 4.79 Å². The van der Waals surface area contributed by atoms with Crippen LogP contribution in [0, 0.1) is 6.92 Å². The molecule has 2 N–H and O–H groups in total. The van der Waals surface area contributed by atoms with Crippen molar-refractivity contribution in [2.24, 2.45) is 0 Å². The number of rotatable bonds is 4. The molecule has 0 aliphatic heterocycles. The van der Waals surface area contributed by atoms with Crippen LogP contribution in [0.25, 0.3) is 0 Å². The second-order valence-corrected chi connectivity index (χ2v) is 4.95. The summed E-state index contributed by atoms with van der Waals surface area (Å²) >= 11 is 7.07. The van der Waals surface area contributed by atoms with Crippen LogP contribution in [-0.4, -0.2) is 26.0 Å². The highest BCUT2D eigenvalue weighted by molar-refractivity contribution is 7.15. The van der Waals surface area contributed by atoms with Crippen molar-refractivity contribution in [3.05, 3.63) is 28.1 Å². The number of aromatic nitrogens is 3. The molecule has 0 spiro atoms. The van der Waals surface area contributed by atoms with Gasteiger partial charge in [0.05, 0.1) is 6.42 Å². The largest absolute Gasteiger partial charge is 0.481 e. The summed E-state index contributed by atoms with van der Waals surface area (Å²) in [5.74, 6) is 0.196. The molecule has 0 saturated carbocycles. The Morgan fingerprint density at radius 1 is 1.56 bits per heavy atom. The highest BCUT2D eigenvalue weighted by Gasteiger charge is 2.07. The number of aryl methyl sites for hydroxylation is 1. The van der Waals surface area contributed by atoms with Gasteiger partial charge in [0.2, 0.25) is 0 Å². The van der Waals surface area contributed by atoms with Gasteiger partial charge in [0.1, 0.15) is 16.8 Å². The van der Waals surface area contributed by atoms with Gasteiger partial charge in [-0.15, -0.1) is 11.3 Å². The number of carboxylic acids is 1. The number of carbonyl (C=O) groups is 1. The van der Waals surface area contributed by atoms with Crippen molar-refractivity contribution >= 4 is 39.9 Å². The predicted octanol–water partition coefficient (Wildman–Crippen LogP) is 2.27. The summed E-state index contributed by atoms with van der Waals surface area (Å²) < 4.78 is 0. The highest BCUT2D eigenvalue weighted by Crippen LogP contribution is 2.23. The zero-order chi connectivity index (χ0) is 13.1. The van der Waals surface area contributed by atoms with E-state index in [2.05, 4.69) is 20.3 Å². The second-order valence-electron chi connectivity index (χ2n) is 3.45. The topological polar surface area (TPSA) is 88.0 Å². The molecule has 0 aliphatic carbocycles. The highest BCUT2D eigenvalue weighted by atomic mass is 35.5. The minimum absolute atomic E-state index is 0.0388. The SMILES string of the molecule is Cc1nc(Cl)cc(Nc2ncc(CC(=O)O)s2)n1. The van der Waals surface area contributed by atoms with Crippen molar-refractivity contribution in [3.8, 4) is 0 Å². The number of hydrogen-bond acceptors (Lipinski definition) is 6. The fraction of sp³-hybridized carbons (Fsp3) is 0.200. The molecular formula is C10H9ClN4O2S. The molecule has 2 aromatic heterocycles. The van der Waals surface area contributed by atoms with Crippen LogP contribution >= 0.6 is 22.9 Å². The molecule has 2 aromatic rings. The molecule has 0 radical (unpaired) electrons. The van der Waals surface area contributed by atoms with E-state index in [0.717, 1.165) is 0 Å². The lowest BCUT2D eigenvalue weighted by Crippen LogP contribution is -1.97. The van der Waals surface area contributed by atoms with Crippen molar-refractivity contribution < 1.29 is 9.90 Å². The van der Waals surface area contributed by atoms with E-state index in [1.807, 2.05) is 0 Å². The van der Waals surface area contributed by atoms with Crippen LogP contribution in [-0.2, 0) is 11.2 Å². The molecule has 94 valence electrons. The Balaban J connectivity index is 2.13. The van der Waals surface area contributed by atoms with E-state index in [-0.39, 0.29) is 6.42 Å². The third-order valence-electron chi connectivity index (χ3n) is 1.92. The smallest absolute Gasteiger partial charge is 0.308 e. The van der Waals surface area contributed by atoms with E-state index < -0.39 is 5.97 Å². The van der Waals surface area contributed by atoms with Crippen LogP contribution in [0.4, 0.5) is 10.9 Å². The van der Waals surface area contributed by atoms with Gasteiger partial charge in [0.25, 0.3) is 0 Å². The molecule has 0 fully saturated rings. The normalized spacial score (nSPS) is 10.3. The number of halogens is 1. The molecule has 0 aromatic carbocycles. The van der Waals surface area contributed by atoms with Crippen LogP contribution in [0.2, 0.25) is 5.15 Å². The fourth-order valence-electron chi connectivity index (χ4n) is 1.30. The average Bonchev–Trinajstić information content (AvgIpc) is 2.62. The molecule has 0 atom stereocenters. The Labute approximate surface area is 112 Å². The van der Waals surface area contributed by atoms with Gasteiger partial charge in [-0.1, -0.05) is 11.6 Å². The first-order chi connectivity index (χ1) is 8.52. The number of aliphatic carboxylic acids is 1. The summed E-state index contributed by atoms with van der Waals surface area (Å²) in [5.41, 5.74) is 0. The Hall–Kier alpha value is -1.73. The minimum Gasteiger partial charge on any atom is -0.481 e. The maximum Gasteiger partial charge on any atom is 0.308 e. The first-order valence-corrected chi connectivity index (χ1v) is 6.17. The number of carboxylic acid groups (broad SMARTS) is 1. The zero-order valence-corrected chi connectivity index (χ0v) is 10.9. The van der Waals surface area contributed by atoms with Gasteiger partial charge in [-0.2, -0.15) is 0 Å². The molecule has 2 heterocycles. The standard InChI is InChI=1S/C10H9ClN4O2S/c1-5-13-7(11)3-8(14-5)15-10-12-4-6(18-10)2-9(16)17/h3-4H,2H2,1H3,(H,16,17)(H,12,13,14,15). The third-order valence-corrected chi connectivity index (χ3v) is 3.03. The van der Waals surface area contributed by atoms with Gasteiger partial charge in [-0.25, -0.2) is 15.0 Å². The van der Waals surface area contributed by atoms with Gasteiger partial charge in [-0.3, -0.25) is 4.79 Å². The average molecular weight is 285 g/mol. The fourth-order valence-corrected chi connectivity index (χ4v) is 2.34. The Morgan fingerprint density at radius 2 is 2.33 bits per heavy atom. The number of nitrogens with one attached hydrogen (secondary N) is 1. The summed E-state index contributed by atoms with van der Waals surface area (Å²) in [7, 11) is 0. The molecule has 0 saturated heterocycles. The van der Waals surface area contributed by atoms with Crippen molar-refractivity contribution in [3.63, 3.8) is 0 Å². The van der Waals surface area contributed by atoms with Crippen molar-refractivity contribution in [2.45, 2.75) is 13.3 Å². The van der Waals surface area contributed by atoms with Crippen molar-refractivity contribution in [1.82, 2.24) is 15.0 Å². The van der Waals surface area contributed by atoms with Crippen LogP contribution in [0.5, 0.6) is 0 Å². The van der Waals surface area contributed by atoms with E-state index >= 15 is 0 Å². The molecule has 18 heavy (non-hydrogen) atoms. The number of nitrogens with zero attached hydrogens (tertiary/aromatic N) is 3. The number of anilines is 2. The van der Waals surface area contributed by atoms with Crippen LogP contribution in [0.15, 0.2) is 12.3 Å². The van der Waals surface area contributed by atoms with Gasteiger partial charge < -0.3 is 10.4 Å². The van der Waals surface area contributed by atoms with Crippen molar-refractivity contribution in [2.75, 3.05) is 5.32 Å². The molecule has 0 bridgehead atoms. The summed E-state index contributed by atoms with van der Waals surface area (Å²) in [6.45, 7) is 1.73. The number of thiazole rings is 1. The minimum atomic E-state index is -0.883. The van der Waals surface area contributed by atoms with E-state index in [1.54, 1.807) is 13.0 Å². The number of hydrogen-bond donors (Lipinski definition) is 2. The monoisotopic (exact) mass is 284 g/mol. The quantitative estimate of drug-likeness (QED) is 0.837. The van der Waals surface area contributed by atoms with Gasteiger partial charge >= 0.3 is 5.97 Å². The Bertz CT molecular complexity index is 567. The molecule has 2 rings (SSSR count). The van der Waals surface area contributed by atoms with Gasteiger partial charge in [0, 0.05) is 17.1 Å². The molecular weight excluding hydrogens is 276 g/mol. The lowest BCUT2D eigenvalue weighted by molar-refractivity contribution is -0.136. The van der Waals surface area contributed by atoms with Crippen molar-refractivity contribution in [1.29, 1.82) is 0 Å². The van der Waals surface area contributed by atoms with E-state index in [4.69, 9.17) is 16.7 Å². The second kappa shape index (κ2) is 5.28. The Morgan fingerprint density at radius 3 is 3.00 bits per heavy atom. The molecule has 8 heteroatoms.